The summed E-state index contributed by atoms with van der Waals surface area (Å²) < 4.78 is 5.18. The minimum absolute atomic E-state index is 0.321. The number of rotatable bonds is 4. The van der Waals surface area contributed by atoms with Gasteiger partial charge in [0.2, 0.25) is 0 Å². The lowest BCUT2D eigenvalue weighted by molar-refractivity contribution is 0.0243. The first-order valence-corrected chi connectivity index (χ1v) is 7.19. The Hall–Kier alpha value is -1.37. The summed E-state index contributed by atoms with van der Waals surface area (Å²) in [6, 6.07) is 10.1. The zero-order chi connectivity index (χ0) is 13.1. The lowest BCUT2D eigenvalue weighted by atomic mass is 10.0. The molecule has 5 nitrogen and oxygen atoms in total. The fourth-order valence-electron chi connectivity index (χ4n) is 2.03. The largest absolute Gasteiger partial charge is 0.379 e. The topological polar surface area (TPSA) is 71.2 Å². The van der Waals surface area contributed by atoms with E-state index in [1.54, 1.807) is 11.8 Å². The van der Waals surface area contributed by atoms with Crippen molar-refractivity contribution in [2.45, 2.75) is 22.7 Å². The highest BCUT2D eigenvalue weighted by atomic mass is 32.2. The van der Waals surface area contributed by atoms with Crippen LogP contribution in [0.4, 0.5) is 0 Å². The van der Waals surface area contributed by atoms with Gasteiger partial charge in [-0.3, -0.25) is 0 Å². The SMILES string of the molecule is OC1(c2nc(CSc3ccccc3)no2)CCNC1. The van der Waals surface area contributed by atoms with Gasteiger partial charge < -0.3 is 14.9 Å². The highest BCUT2D eigenvalue weighted by molar-refractivity contribution is 7.98. The number of nitrogens with one attached hydrogen (secondary N) is 1. The predicted octanol–water partition coefficient (Wildman–Crippen LogP) is 1.54. The van der Waals surface area contributed by atoms with Crippen molar-refractivity contribution in [1.82, 2.24) is 15.5 Å². The van der Waals surface area contributed by atoms with Crippen LogP contribution in [0.5, 0.6) is 0 Å². The standard InChI is InChI=1S/C13H15N3O2S/c17-13(6-7-14-9-13)12-15-11(16-18-12)8-19-10-4-2-1-3-5-10/h1-5,14,17H,6-9H2. The molecule has 1 aromatic heterocycles. The van der Waals surface area contributed by atoms with E-state index >= 15 is 0 Å². The Bertz CT molecular complexity index is 538. The van der Waals surface area contributed by atoms with Gasteiger partial charge in [-0.05, 0) is 25.1 Å². The van der Waals surface area contributed by atoms with E-state index in [-0.39, 0.29) is 0 Å². The van der Waals surface area contributed by atoms with Crippen molar-refractivity contribution < 1.29 is 9.63 Å². The molecule has 1 fully saturated rings. The molecule has 1 aliphatic rings. The molecule has 1 saturated heterocycles. The Balaban J connectivity index is 1.65. The molecule has 3 rings (SSSR count). The first-order valence-electron chi connectivity index (χ1n) is 6.20. The van der Waals surface area contributed by atoms with E-state index in [4.69, 9.17) is 4.52 Å². The maximum absolute atomic E-state index is 10.3. The van der Waals surface area contributed by atoms with E-state index < -0.39 is 5.60 Å². The molecule has 1 unspecified atom stereocenters. The van der Waals surface area contributed by atoms with Gasteiger partial charge >= 0.3 is 0 Å². The van der Waals surface area contributed by atoms with Crippen molar-refractivity contribution >= 4 is 11.8 Å². The number of thioether (sulfide) groups is 1. The Labute approximate surface area is 115 Å². The van der Waals surface area contributed by atoms with Crippen LogP contribution >= 0.6 is 11.8 Å². The average molecular weight is 277 g/mol. The van der Waals surface area contributed by atoms with Crippen LogP contribution in [-0.2, 0) is 11.4 Å². The lowest BCUT2D eigenvalue weighted by Gasteiger charge is -2.14. The zero-order valence-electron chi connectivity index (χ0n) is 10.4. The molecule has 1 atom stereocenters. The third kappa shape index (κ3) is 2.80. The average Bonchev–Trinajstić information content (AvgIpc) is 3.07. The van der Waals surface area contributed by atoms with E-state index in [2.05, 4.69) is 15.5 Å². The molecule has 100 valence electrons. The van der Waals surface area contributed by atoms with E-state index in [1.165, 1.54) is 0 Å². The van der Waals surface area contributed by atoms with Crippen LogP contribution in [0, 0.1) is 0 Å². The molecule has 0 bridgehead atoms. The molecule has 0 amide bonds. The molecule has 19 heavy (non-hydrogen) atoms. The van der Waals surface area contributed by atoms with Gasteiger partial charge in [0.15, 0.2) is 11.4 Å². The second kappa shape index (κ2) is 5.32. The second-order valence-corrected chi connectivity index (χ2v) is 5.62. The Morgan fingerprint density at radius 2 is 2.21 bits per heavy atom. The molecular formula is C13H15N3O2S. The van der Waals surface area contributed by atoms with Crippen molar-refractivity contribution in [3.8, 4) is 0 Å². The fraction of sp³-hybridized carbons (Fsp3) is 0.385. The molecule has 2 heterocycles. The molecule has 2 N–H and O–H groups in total. The third-order valence-electron chi connectivity index (χ3n) is 3.11. The quantitative estimate of drug-likeness (QED) is 0.826. The summed E-state index contributed by atoms with van der Waals surface area (Å²) in [7, 11) is 0. The summed E-state index contributed by atoms with van der Waals surface area (Å²) in [5.74, 6) is 1.57. The maximum atomic E-state index is 10.3. The number of aromatic nitrogens is 2. The Kier molecular flexibility index (Phi) is 3.54. The van der Waals surface area contributed by atoms with E-state index in [0.29, 0.717) is 30.4 Å². The van der Waals surface area contributed by atoms with Gasteiger partial charge in [0.05, 0.1) is 5.75 Å². The molecule has 0 spiro atoms. The van der Waals surface area contributed by atoms with E-state index in [1.807, 2.05) is 30.3 Å². The molecule has 0 radical (unpaired) electrons. The summed E-state index contributed by atoms with van der Waals surface area (Å²) in [5.41, 5.74) is -0.997. The molecular weight excluding hydrogens is 262 g/mol. The lowest BCUT2D eigenvalue weighted by Crippen LogP contribution is -2.28. The summed E-state index contributed by atoms with van der Waals surface area (Å²) in [6.45, 7) is 1.24. The summed E-state index contributed by atoms with van der Waals surface area (Å²) >= 11 is 1.65. The smallest absolute Gasteiger partial charge is 0.260 e. The van der Waals surface area contributed by atoms with Gasteiger partial charge in [-0.25, -0.2) is 0 Å². The highest BCUT2D eigenvalue weighted by Crippen LogP contribution is 2.27. The third-order valence-corrected chi connectivity index (χ3v) is 4.12. The number of hydrogen-bond acceptors (Lipinski definition) is 6. The first kappa shape index (κ1) is 12.7. The first-order chi connectivity index (χ1) is 9.26. The van der Waals surface area contributed by atoms with Crippen LogP contribution in [0.3, 0.4) is 0 Å². The molecule has 6 heteroatoms. The number of nitrogens with zero attached hydrogens (tertiary/aromatic N) is 2. The molecule has 0 aliphatic carbocycles. The Morgan fingerprint density at radius 3 is 2.95 bits per heavy atom. The molecule has 0 saturated carbocycles. The normalized spacial score (nSPS) is 22.8. The molecule has 2 aromatic rings. The van der Waals surface area contributed by atoms with E-state index in [9.17, 15) is 5.11 Å². The predicted molar refractivity (Wildman–Crippen MR) is 71.7 cm³/mol. The Morgan fingerprint density at radius 1 is 1.37 bits per heavy atom. The van der Waals surface area contributed by atoms with Gasteiger partial charge in [-0.2, -0.15) is 4.98 Å². The van der Waals surface area contributed by atoms with Gasteiger partial charge in [0, 0.05) is 11.4 Å². The van der Waals surface area contributed by atoms with Crippen molar-refractivity contribution in [1.29, 1.82) is 0 Å². The maximum Gasteiger partial charge on any atom is 0.260 e. The van der Waals surface area contributed by atoms with Crippen LogP contribution in [0.25, 0.3) is 0 Å². The van der Waals surface area contributed by atoms with Crippen molar-refractivity contribution in [3.05, 3.63) is 42.0 Å². The fourth-order valence-corrected chi connectivity index (χ4v) is 2.79. The number of hydrogen-bond donors (Lipinski definition) is 2. The molecule has 1 aromatic carbocycles. The van der Waals surface area contributed by atoms with Gasteiger partial charge in [-0.1, -0.05) is 23.4 Å². The van der Waals surface area contributed by atoms with Crippen molar-refractivity contribution in [2.24, 2.45) is 0 Å². The van der Waals surface area contributed by atoms with Crippen LogP contribution < -0.4 is 5.32 Å². The van der Waals surface area contributed by atoms with Crippen LogP contribution in [-0.4, -0.2) is 28.3 Å². The second-order valence-electron chi connectivity index (χ2n) is 4.58. The zero-order valence-corrected chi connectivity index (χ0v) is 11.2. The summed E-state index contributed by atoms with van der Waals surface area (Å²) in [5, 5.41) is 17.3. The summed E-state index contributed by atoms with van der Waals surface area (Å²) in [4.78, 5) is 5.45. The van der Waals surface area contributed by atoms with Gasteiger partial charge in [-0.15, -0.1) is 11.8 Å². The number of β-amino-alcohol motifs (C(OH)–C–C–N with tert-alkyl or cyclic N) is 1. The van der Waals surface area contributed by atoms with Gasteiger partial charge in [0.25, 0.3) is 5.89 Å². The number of aliphatic hydroxyl groups is 1. The van der Waals surface area contributed by atoms with Crippen LogP contribution in [0.15, 0.2) is 39.8 Å². The van der Waals surface area contributed by atoms with Crippen molar-refractivity contribution in [2.75, 3.05) is 13.1 Å². The van der Waals surface area contributed by atoms with Gasteiger partial charge in [0.1, 0.15) is 0 Å². The number of benzene rings is 1. The van der Waals surface area contributed by atoms with Crippen LogP contribution in [0.2, 0.25) is 0 Å². The molecule has 1 aliphatic heterocycles. The summed E-state index contributed by atoms with van der Waals surface area (Å²) in [6.07, 6.45) is 0.612. The highest BCUT2D eigenvalue weighted by Gasteiger charge is 2.38. The minimum Gasteiger partial charge on any atom is -0.379 e. The van der Waals surface area contributed by atoms with E-state index in [0.717, 1.165) is 11.4 Å². The monoisotopic (exact) mass is 277 g/mol. The van der Waals surface area contributed by atoms with Crippen molar-refractivity contribution in [3.63, 3.8) is 0 Å². The van der Waals surface area contributed by atoms with Crippen LogP contribution in [0.1, 0.15) is 18.1 Å². The minimum atomic E-state index is -0.997.